The van der Waals surface area contributed by atoms with Gasteiger partial charge < -0.3 is 9.73 Å². The number of nitrogens with one attached hydrogen (secondary N) is 2. The van der Waals surface area contributed by atoms with Gasteiger partial charge in [0, 0.05) is 18.7 Å². The van der Waals surface area contributed by atoms with Gasteiger partial charge in [-0.15, -0.1) is 0 Å². The third kappa shape index (κ3) is 2.92. The zero-order chi connectivity index (χ0) is 15.0. The summed E-state index contributed by atoms with van der Waals surface area (Å²) in [6.45, 7) is 6.62. The van der Waals surface area contributed by atoms with E-state index in [2.05, 4.69) is 17.0 Å². The molecule has 0 spiro atoms. The monoisotopic (exact) mass is 300 g/mol. The molecule has 1 aromatic rings. The number of rotatable bonds is 7. The molecule has 1 aliphatic carbocycles. The zero-order valence-corrected chi connectivity index (χ0v) is 13.5. The van der Waals surface area contributed by atoms with Crippen molar-refractivity contribution in [2.75, 3.05) is 13.6 Å². The standard InChI is InChI=1S/C14H24N2O3S/c1-5-14(6-7-14)9-16-20(17,18)13-11(3)19-10(2)12(13)8-15-4/h15-16H,5-9H2,1-4H3. The third-order valence-electron chi connectivity index (χ3n) is 4.29. The number of furan rings is 1. The minimum absolute atomic E-state index is 0.183. The fourth-order valence-corrected chi connectivity index (χ4v) is 4.20. The molecule has 20 heavy (non-hydrogen) atoms. The maximum atomic E-state index is 12.6. The largest absolute Gasteiger partial charge is 0.465 e. The molecule has 0 radical (unpaired) electrons. The summed E-state index contributed by atoms with van der Waals surface area (Å²) in [6, 6.07) is 0. The van der Waals surface area contributed by atoms with Gasteiger partial charge in [0.25, 0.3) is 0 Å². The molecular weight excluding hydrogens is 276 g/mol. The SMILES string of the molecule is CCC1(CNS(=O)(=O)c2c(C)oc(C)c2CNC)CC1. The first kappa shape index (κ1) is 15.5. The van der Waals surface area contributed by atoms with Gasteiger partial charge in [-0.25, -0.2) is 13.1 Å². The van der Waals surface area contributed by atoms with Gasteiger partial charge in [0.05, 0.1) is 0 Å². The van der Waals surface area contributed by atoms with Crippen molar-refractivity contribution >= 4 is 10.0 Å². The highest BCUT2D eigenvalue weighted by atomic mass is 32.2. The van der Waals surface area contributed by atoms with E-state index in [1.54, 1.807) is 20.9 Å². The van der Waals surface area contributed by atoms with Crippen LogP contribution in [0.1, 0.15) is 43.3 Å². The Morgan fingerprint density at radius 2 is 1.90 bits per heavy atom. The van der Waals surface area contributed by atoms with Crippen LogP contribution in [0, 0.1) is 19.3 Å². The number of aryl methyl sites for hydroxylation is 2. The lowest BCUT2D eigenvalue weighted by atomic mass is 10.1. The highest BCUT2D eigenvalue weighted by Gasteiger charge is 2.41. The lowest BCUT2D eigenvalue weighted by Gasteiger charge is -2.14. The van der Waals surface area contributed by atoms with Crippen LogP contribution in [0.25, 0.3) is 0 Å². The number of hydrogen-bond donors (Lipinski definition) is 2. The quantitative estimate of drug-likeness (QED) is 0.809. The van der Waals surface area contributed by atoms with Gasteiger partial charge in [0.2, 0.25) is 10.0 Å². The molecule has 1 aliphatic rings. The lowest BCUT2D eigenvalue weighted by Crippen LogP contribution is -2.31. The predicted octanol–water partition coefficient (Wildman–Crippen LogP) is 2.08. The van der Waals surface area contributed by atoms with E-state index >= 15 is 0 Å². The second kappa shape index (κ2) is 5.50. The van der Waals surface area contributed by atoms with Crippen LogP contribution in [-0.2, 0) is 16.6 Å². The minimum Gasteiger partial charge on any atom is -0.465 e. The lowest BCUT2D eigenvalue weighted by molar-refractivity contribution is 0.472. The minimum atomic E-state index is -3.51. The average Bonchev–Trinajstić information content (AvgIpc) is 3.10. The summed E-state index contributed by atoms with van der Waals surface area (Å²) < 4.78 is 33.4. The van der Waals surface area contributed by atoms with Crippen molar-refractivity contribution in [1.82, 2.24) is 10.0 Å². The van der Waals surface area contributed by atoms with E-state index in [0.717, 1.165) is 24.8 Å². The van der Waals surface area contributed by atoms with Crippen molar-refractivity contribution in [3.05, 3.63) is 17.1 Å². The normalized spacial score (nSPS) is 17.4. The van der Waals surface area contributed by atoms with E-state index in [9.17, 15) is 8.42 Å². The van der Waals surface area contributed by atoms with Crippen molar-refractivity contribution in [1.29, 1.82) is 0 Å². The van der Waals surface area contributed by atoms with Gasteiger partial charge in [-0.3, -0.25) is 0 Å². The Balaban J connectivity index is 2.25. The van der Waals surface area contributed by atoms with E-state index in [4.69, 9.17) is 4.42 Å². The van der Waals surface area contributed by atoms with Crippen LogP contribution in [-0.4, -0.2) is 22.0 Å². The molecular formula is C14H24N2O3S. The van der Waals surface area contributed by atoms with Gasteiger partial charge >= 0.3 is 0 Å². The molecule has 114 valence electrons. The van der Waals surface area contributed by atoms with Gasteiger partial charge in [0.15, 0.2) is 0 Å². The molecule has 0 amide bonds. The number of hydrogen-bond acceptors (Lipinski definition) is 4. The van der Waals surface area contributed by atoms with Crippen LogP contribution >= 0.6 is 0 Å². The first-order valence-corrected chi connectivity index (χ1v) is 8.56. The summed E-state index contributed by atoms with van der Waals surface area (Å²) in [4.78, 5) is 0.302. The molecule has 1 heterocycles. The maximum Gasteiger partial charge on any atom is 0.244 e. The predicted molar refractivity (Wildman–Crippen MR) is 78.1 cm³/mol. The molecule has 0 saturated heterocycles. The fourth-order valence-electron chi connectivity index (χ4n) is 2.60. The fraction of sp³-hybridized carbons (Fsp3) is 0.714. The first-order chi connectivity index (χ1) is 9.35. The second-order valence-electron chi connectivity index (χ2n) is 5.73. The van der Waals surface area contributed by atoms with Crippen LogP contribution in [0.5, 0.6) is 0 Å². The van der Waals surface area contributed by atoms with Gasteiger partial charge in [-0.05, 0) is 45.6 Å². The van der Waals surface area contributed by atoms with Crippen LogP contribution in [0.15, 0.2) is 9.31 Å². The van der Waals surface area contributed by atoms with Crippen molar-refractivity contribution in [2.24, 2.45) is 5.41 Å². The second-order valence-corrected chi connectivity index (χ2v) is 7.43. The molecule has 0 aliphatic heterocycles. The Morgan fingerprint density at radius 1 is 1.25 bits per heavy atom. The number of sulfonamides is 1. The Kier molecular flexibility index (Phi) is 4.27. The summed E-state index contributed by atoms with van der Waals surface area (Å²) in [6.07, 6.45) is 3.24. The summed E-state index contributed by atoms with van der Waals surface area (Å²) >= 11 is 0. The van der Waals surface area contributed by atoms with Crippen molar-refractivity contribution in [3.8, 4) is 0 Å². The summed E-state index contributed by atoms with van der Waals surface area (Å²) in [5.74, 6) is 1.12. The molecule has 5 nitrogen and oxygen atoms in total. The Bertz CT molecular complexity index is 586. The molecule has 1 saturated carbocycles. The Labute approximate surface area is 121 Å². The third-order valence-corrected chi connectivity index (χ3v) is 5.89. The van der Waals surface area contributed by atoms with Crippen LogP contribution in [0.4, 0.5) is 0 Å². The molecule has 0 aromatic carbocycles. The zero-order valence-electron chi connectivity index (χ0n) is 12.7. The first-order valence-electron chi connectivity index (χ1n) is 7.08. The van der Waals surface area contributed by atoms with Gasteiger partial charge in [-0.2, -0.15) is 0 Å². The van der Waals surface area contributed by atoms with E-state index in [1.807, 2.05) is 0 Å². The molecule has 1 aromatic heterocycles. The topological polar surface area (TPSA) is 71.3 Å². The van der Waals surface area contributed by atoms with Crippen molar-refractivity contribution in [2.45, 2.75) is 51.5 Å². The van der Waals surface area contributed by atoms with E-state index in [0.29, 0.717) is 29.5 Å². The Morgan fingerprint density at radius 3 is 2.40 bits per heavy atom. The van der Waals surface area contributed by atoms with Gasteiger partial charge in [0.1, 0.15) is 16.4 Å². The van der Waals surface area contributed by atoms with Crippen LogP contribution in [0.2, 0.25) is 0 Å². The smallest absolute Gasteiger partial charge is 0.244 e. The van der Waals surface area contributed by atoms with Crippen LogP contribution in [0.3, 0.4) is 0 Å². The highest BCUT2D eigenvalue weighted by Crippen LogP contribution is 2.48. The summed E-state index contributed by atoms with van der Waals surface area (Å²) in [5.41, 5.74) is 0.905. The average molecular weight is 300 g/mol. The highest BCUT2D eigenvalue weighted by molar-refractivity contribution is 7.89. The van der Waals surface area contributed by atoms with Crippen molar-refractivity contribution < 1.29 is 12.8 Å². The molecule has 0 unspecified atom stereocenters. The molecule has 0 bridgehead atoms. The van der Waals surface area contributed by atoms with E-state index in [1.165, 1.54) is 0 Å². The molecule has 1 fully saturated rings. The van der Waals surface area contributed by atoms with E-state index < -0.39 is 10.0 Å². The molecule has 2 N–H and O–H groups in total. The molecule has 2 rings (SSSR count). The van der Waals surface area contributed by atoms with Crippen LogP contribution < -0.4 is 10.0 Å². The molecule has 6 heteroatoms. The molecule has 0 atom stereocenters. The van der Waals surface area contributed by atoms with Crippen molar-refractivity contribution in [3.63, 3.8) is 0 Å². The summed E-state index contributed by atoms with van der Waals surface area (Å²) in [7, 11) is -1.72. The summed E-state index contributed by atoms with van der Waals surface area (Å²) in [5, 5.41) is 2.99. The van der Waals surface area contributed by atoms with Gasteiger partial charge in [-0.1, -0.05) is 6.92 Å². The Hall–Kier alpha value is -0.850. The maximum absolute atomic E-state index is 12.6. The van der Waals surface area contributed by atoms with E-state index in [-0.39, 0.29) is 5.41 Å².